The van der Waals surface area contributed by atoms with Crippen molar-refractivity contribution in [2.45, 2.75) is 19.4 Å². The first-order valence-corrected chi connectivity index (χ1v) is 5.50. The summed E-state index contributed by atoms with van der Waals surface area (Å²) in [4.78, 5) is 0. The van der Waals surface area contributed by atoms with E-state index in [4.69, 9.17) is 14.7 Å². The van der Waals surface area contributed by atoms with Gasteiger partial charge in [-0.3, -0.25) is 0 Å². The van der Waals surface area contributed by atoms with Gasteiger partial charge in [0.15, 0.2) is 0 Å². The second kappa shape index (κ2) is 8.90. The summed E-state index contributed by atoms with van der Waals surface area (Å²) >= 11 is 0. The number of hydrogen-bond acceptors (Lipinski definition) is 3. The summed E-state index contributed by atoms with van der Waals surface area (Å²) in [5.41, 5.74) is 1.19. The first kappa shape index (κ1) is 12.7. The molecule has 3 heteroatoms. The van der Waals surface area contributed by atoms with Gasteiger partial charge in [0, 0.05) is 13.2 Å². The van der Waals surface area contributed by atoms with Crippen LogP contribution in [-0.4, -0.2) is 19.8 Å². The number of rotatable bonds is 8. The van der Waals surface area contributed by atoms with Crippen molar-refractivity contribution in [3.8, 4) is 6.07 Å². The fourth-order valence-corrected chi connectivity index (χ4v) is 1.25. The van der Waals surface area contributed by atoms with E-state index < -0.39 is 0 Å². The molecule has 3 nitrogen and oxygen atoms in total. The van der Waals surface area contributed by atoms with E-state index in [0.717, 1.165) is 6.42 Å². The first-order valence-electron chi connectivity index (χ1n) is 5.50. The van der Waals surface area contributed by atoms with Crippen LogP contribution in [0, 0.1) is 11.3 Å². The van der Waals surface area contributed by atoms with Gasteiger partial charge in [0.1, 0.15) is 0 Å². The normalized spacial score (nSPS) is 9.94. The SMILES string of the molecule is N#CCCOCCCOCc1ccccc1. The molecule has 0 aromatic heterocycles. The Balaban J connectivity index is 1.91. The van der Waals surface area contributed by atoms with E-state index in [-0.39, 0.29) is 0 Å². The molecule has 86 valence electrons. The van der Waals surface area contributed by atoms with Crippen LogP contribution in [0.15, 0.2) is 30.3 Å². The Hall–Kier alpha value is -1.37. The van der Waals surface area contributed by atoms with Crippen LogP contribution in [0.25, 0.3) is 0 Å². The maximum atomic E-state index is 8.28. The molecule has 16 heavy (non-hydrogen) atoms. The number of nitriles is 1. The monoisotopic (exact) mass is 219 g/mol. The zero-order valence-corrected chi connectivity index (χ0v) is 9.39. The van der Waals surface area contributed by atoms with E-state index in [2.05, 4.69) is 0 Å². The molecule has 0 N–H and O–H groups in total. The molecular formula is C13H17NO2. The lowest BCUT2D eigenvalue weighted by atomic mass is 10.2. The minimum atomic E-state index is 0.463. The van der Waals surface area contributed by atoms with Gasteiger partial charge in [0.2, 0.25) is 0 Å². The van der Waals surface area contributed by atoms with Crippen molar-refractivity contribution < 1.29 is 9.47 Å². The number of hydrogen-bond donors (Lipinski definition) is 0. The zero-order chi connectivity index (χ0) is 11.5. The molecule has 0 aliphatic rings. The van der Waals surface area contributed by atoms with E-state index in [1.165, 1.54) is 5.56 Å². The molecule has 1 aromatic carbocycles. The van der Waals surface area contributed by atoms with Gasteiger partial charge in [-0.2, -0.15) is 5.26 Å². The molecule has 0 saturated carbocycles. The highest BCUT2D eigenvalue weighted by molar-refractivity contribution is 5.13. The predicted molar refractivity (Wildman–Crippen MR) is 61.8 cm³/mol. The summed E-state index contributed by atoms with van der Waals surface area (Å²) in [6, 6.07) is 12.1. The van der Waals surface area contributed by atoms with Crippen molar-refractivity contribution in [2.75, 3.05) is 19.8 Å². The van der Waals surface area contributed by atoms with Crippen LogP contribution in [0.1, 0.15) is 18.4 Å². The van der Waals surface area contributed by atoms with E-state index in [1.807, 2.05) is 36.4 Å². The zero-order valence-electron chi connectivity index (χ0n) is 9.39. The van der Waals surface area contributed by atoms with Crippen LogP contribution in [-0.2, 0) is 16.1 Å². The van der Waals surface area contributed by atoms with E-state index in [9.17, 15) is 0 Å². The Labute approximate surface area is 96.6 Å². The van der Waals surface area contributed by atoms with Crippen molar-refractivity contribution in [3.05, 3.63) is 35.9 Å². The second-order valence-corrected chi connectivity index (χ2v) is 3.41. The molecule has 0 amide bonds. The summed E-state index contributed by atoms with van der Waals surface area (Å²) in [7, 11) is 0. The average molecular weight is 219 g/mol. The molecule has 0 aliphatic carbocycles. The molecule has 0 aliphatic heterocycles. The molecule has 0 fully saturated rings. The Morgan fingerprint density at radius 2 is 1.75 bits per heavy atom. The molecule has 0 radical (unpaired) electrons. The number of ether oxygens (including phenoxy) is 2. The molecule has 0 heterocycles. The van der Waals surface area contributed by atoms with Crippen molar-refractivity contribution in [1.29, 1.82) is 5.26 Å². The standard InChI is InChI=1S/C13H17NO2/c14-8-4-9-15-10-5-11-16-12-13-6-2-1-3-7-13/h1-3,6-7H,4-5,9-12H2. The fraction of sp³-hybridized carbons (Fsp3) is 0.462. The van der Waals surface area contributed by atoms with E-state index in [1.54, 1.807) is 0 Å². The van der Waals surface area contributed by atoms with Gasteiger partial charge in [0.05, 0.1) is 25.7 Å². The molecule has 0 atom stereocenters. The Morgan fingerprint density at radius 3 is 2.50 bits per heavy atom. The van der Waals surface area contributed by atoms with Crippen LogP contribution >= 0.6 is 0 Å². The second-order valence-electron chi connectivity index (χ2n) is 3.41. The van der Waals surface area contributed by atoms with E-state index >= 15 is 0 Å². The Bertz CT molecular complexity index is 305. The van der Waals surface area contributed by atoms with E-state index in [0.29, 0.717) is 32.8 Å². The summed E-state index contributed by atoms with van der Waals surface area (Å²) in [6.07, 6.45) is 1.34. The van der Waals surface area contributed by atoms with Gasteiger partial charge in [-0.05, 0) is 12.0 Å². The Kier molecular flexibility index (Phi) is 7.06. The molecule has 0 unspecified atom stereocenters. The molecule has 1 rings (SSSR count). The minimum absolute atomic E-state index is 0.463. The largest absolute Gasteiger partial charge is 0.380 e. The first-order chi connectivity index (χ1) is 7.93. The summed E-state index contributed by atoms with van der Waals surface area (Å²) in [6.45, 7) is 2.53. The highest BCUT2D eigenvalue weighted by atomic mass is 16.5. The topological polar surface area (TPSA) is 42.2 Å². The molecular weight excluding hydrogens is 202 g/mol. The van der Waals surface area contributed by atoms with Crippen LogP contribution in [0.5, 0.6) is 0 Å². The fourth-order valence-electron chi connectivity index (χ4n) is 1.25. The van der Waals surface area contributed by atoms with Gasteiger partial charge in [-0.1, -0.05) is 30.3 Å². The average Bonchev–Trinajstić information content (AvgIpc) is 2.34. The van der Waals surface area contributed by atoms with Crippen LogP contribution in [0.4, 0.5) is 0 Å². The third kappa shape index (κ3) is 6.18. The van der Waals surface area contributed by atoms with Gasteiger partial charge in [-0.25, -0.2) is 0 Å². The third-order valence-corrected chi connectivity index (χ3v) is 2.05. The predicted octanol–water partition coefficient (Wildman–Crippen LogP) is 2.52. The minimum Gasteiger partial charge on any atom is -0.380 e. The summed E-state index contributed by atoms with van der Waals surface area (Å²) < 4.78 is 10.7. The highest BCUT2D eigenvalue weighted by Gasteiger charge is 1.92. The molecule has 0 bridgehead atoms. The smallest absolute Gasteiger partial charge is 0.0716 e. The van der Waals surface area contributed by atoms with Gasteiger partial charge < -0.3 is 9.47 Å². The third-order valence-electron chi connectivity index (χ3n) is 2.05. The maximum Gasteiger partial charge on any atom is 0.0716 e. The van der Waals surface area contributed by atoms with Crippen molar-refractivity contribution in [3.63, 3.8) is 0 Å². The van der Waals surface area contributed by atoms with Crippen molar-refractivity contribution >= 4 is 0 Å². The highest BCUT2D eigenvalue weighted by Crippen LogP contribution is 2.00. The van der Waals surface area contributed by atoms with Gasteiger partial charge in [0.25, 0.3) is 0 Å². The maximum absolute atomic E-state index is 8.28. The van der Waals surface area contributed by atoms with Crippen LogP contribution < -0.4 is 0 Å². The molecule has 0 saturated heterocycles. The number of nitrogens with zero attached hydrogens (tertiary/aromatic N) is 1. The van der Waals surface area contributed by atoms with Crippen molar-refractivity contribution in [1.82, 2.24) is 0 Å². The quantitative estimate of drug-likeness (QED) is 0.631. The van der Waals surface area contributed by atoms with Crippen molar-refractivity contribution in [2.24, 2.45) is 0 Å². The van der Waals surface area contributed by atoms with Crippen LogP contribution in [0.2, 0.25) is 0 Å². The molecule has 1 aromatic rings. The Morgan fingerprint density at radius 1 is 1.00 bits per heavy atom. The summed E-state index contributed by atoms with van der Waals surface area (Å²) in [5.74, 6) is 0. The lowest BCUT2D eigenvalue weighted by Crippen LogP contribution is -2.02. The van der Waals surface area contributed by atoms with Gasteiger partial charge >= 0.3 is 0 Å². The molecule has 0 spiro atoms. The summed E-state index contributed by atoms with van der Waals surface area (Å²) in [5, 5.41) is 8.28. The van der Waals surface area contributed by atoms with Crippen LogP contribution in [0.3, 0.4) is 0 Å². The van der Waals surface area contributed by atoms with Gasteiger partial charge in [-0.15, -0.1) is 0 Å². The lowest BCUT2D eigenvalue weighted by molar-refractivity contribution is 0.0776. The number of benzene rings is 1. The lowest BCUT2D eigenvalue weighted by Gasteiger charge is -2.04.